The van der Waals surface area contributed by atoms with Crippen molar-refractivity contribution in [2.45, 2.75) is 76.3 Å². The van der Waals surface area contributed by atoms with Crippen LogP contribution >= 0.6 is 0 Å². The number of piperazine rings is 1. The third-order valence-corrected chi connectivity index (χ3v) is 5.49. The molecule has 0 aromatic rings. The minimum atomic E-state index is -0.747. The highest BCUT2D eigenvalue weighted by atomic mass is 16.2. The quantitative estimate of drug-likeness (QED) is 0.842. The van der Waals surface area contributed by atoms with Gasteiger partial charge in [-0.3, -0.25) is 9.59 Å². The predicted molar refractivity (Wildman–Crippen MR) is 77.1 cm³/mol. The lowest BCUT2D eigenvalue weighted by molar-refractivity contribution is -0.166. The molecule has 4 nitrogen and oxygen atoms in total. The first-order valence-corrected chi connectivity index (χ1v) is 8.10. The Morgan fingerprint density at radius 3 is 2.30 bits per heavy atom. The molecule has 1 spiro atoms. The lowest BCUT2D eigenvalue weighted by Crippen LogP contribution is -2.75. The first kappa shape index (κ1) is 13.9. The molecule has 1 aliphatic heterocycles. The normalized spacial score (nSPS) is 29.2. The van der Waals surface area contributed by atoms with Crippen LogP contribution in [0.2, 0.25) is 0 Å². The maximum atomic E-state index is 12.9. The van der Waals surface area contributed by atoms with Crippen molar-refractivity contribution in [1.29, 1.82) is 0 Å². The highest BCUT2D eigenvalue weighted by molar-refractivity contribution is 6.02. The van der Waals surface area contributed by atoms with E-state index in [0.29, 0.717) is 5.92 Å². The summed E-state index contributed by atoms with van der Waals surface area (Å²) < 4.78 is 0. The summed E-state index contributed by atoms with van der Waals surface area (Å²) in [5.41, 5.74) is -1.29. The number of amides is 2. The molecule has 2 saturated carbocycles. The van der Waals surface area contributed by atoms with Crippen molar-refractivity contribution in [2.75, 3.05) is 6.54 Å². The van der Waals surface area contributed by atoms with E-state index in [4.69, 9.17) is 0 Å². The second-order valence-corrected chi connectivity index (χ2v) is 7.38. The van der Waals surface area contributed by atoms with Crippen molar-refractivity contribution in [1.82, 2.24) is 10.2 Å². The monoisotopic (exact) mass is 278 g/mol. The van der Waals surface area contributed by atoms with E-state index in [2.05, 4.69) is 5.32 Å². The van der Waals surface area contributed by atoms with Crippen molar-refractivity contribution in [3.05, 3.63) is 0 Å². The van der Waals surface area contributed by atoms with Crippen LogP contribution in [0, 0.1) is 5.92 Å². The average Bonchev–Trinajstić information content (AvgIpc) is 2.36. The van der Waals surface area contributed by atoms with E-state index in [-0.39, 0.29) is 11.8 Å². The van der Waals surface area contributed by atoms with E-state index in [0.717, 1.165) is 32.2 Å². The number of hydrogen-bond donors (Lipinski definition) is 1. The van der Waals surface area contributed by atoms with Crippen LogP contribution in [0.5, 0.6) is 0 Å². The minimum absolute atomic E-state index is 0.0844. The molecule has 0 unspecified atom stereocenters. The van der Waals surface area contributed by atoms with Gasteiger partial charge in [-0.2, -0.15) is 0 Å². The number of nitrogens with zero attached hydrogens (tertiary/aromatic N) is 1. The van der Waals surface area contributed by atoms with E-state index in [1.54, 1.807) is 0 Å². The zero-order chi connectivity index (χ0) is 14.4. The van der Waals surface area contributed by atoms with E-state index >= 15 is 0 Å². The van der Waals surface area contributed by atoms with Crippen molar-refractivity contribution in [3.63, 3.8) is 0 Å². The molecular formula is C16H26N2O2. The summed E-state index contributed by atoms with van der Waals surface area (Å²) >= 11 is 0. The maximum absolute atomic E-state index is 12.9. The number of carbonyl (C=O) groups excluding carboxylic acids is 2. The van der Waals surface area contributed by atoms with Crippen LogP contribution in [0.25, 0.3) is 0 Å². The molecule has 4 heteroatoms. The topological polar surface area (TPSA) is 49.4 Å². The molecule has 20 heavy (non-hydrogen) atoms. The molecule has 0 aromatic heterocycles. The number of rotatable bonds is 2. The molecule has 3 rings (SSSR count). The minimum Gasteiger partial charge on any atom is -0.340 e. The van der Waals surface area contributed by atoms with Crippen LogP contribution in [0.3, 0.4) is 0 Å². The summed E-state index contributed by atoms with van der Waals surface area (Å²) in [5, 5.41) is 2.98. The number of nitrogens with one attached hydrogen (secondary N) is 1. The molecule has 3 aliphatic rings. The highest BCUT2D eigenvalue weighted by Gasteiger charge is 2.55. The molecule has 2 aliphatic carbocycles. The molecule has 1 saturated heterocycles. The first-order valence-electron chi connectivity index (χ1n) is 8.10. The molecule has 112 valence electrons. The van der Waals surface area contributed by atoms with E-state index in [1.807, 2.05) is 18.7 Å². The Hall–Kier alpha value is -1.06. The Bertz CT molecular complexity index is 420. The Kier molecular flexibility index (Phi) is 3.30. The summed E-state index contributed by atoms with van der Waals surface area (Å²) in [6.45, 7) is 4.45. The molecule has 3 fully saturated rings. The van der Waals surface area contributed by atoms with Gasteiger partial charge in [0.15, 0.2) is 0 Å². The van der Waals surface area contributed by atoms with E-state index in [1.165, 1.54) is 25.7 Å². The Morgan fingerprint density at radius 2 is 1.75 bits per heavy atom. The van der Waals surface area contributed by atoms with Gasteiger partial charge in [-0.25, -0.2) is 0 Å². The lowest BCUT2D eigenvalue weighted by Gasteiger charge is -2.53. The predicted octanol–water partition coefficient (Wildman–Crippen LogP) is 2.23. The average molecular weight is 278 g/mol. The van der Waals surface area contributed by atoms with E-state index < -0.39 is 11.1 Å². The van der Waals surface area contributed by atoms with Crippen LogP contribution < -0.4 is 5.32 Å². The maximum Gasteiger partial charge on any atom is 0.248 e. The van der Waals surface area contributed by atoms with Crippen LogP contribution in [-0.4, -0.2) is 34.3 Å². The number of carbonyl (C=O) groups is 2. The van der Waals surface area contributed by atoms with Gasteiger partial charge in [-0.15, -0.1) is 0 Å². The third-order valence-electron chi connectivity index (χ3n) is 5.49. The Morgan fingerprint density at radius 1 is 1.10 bits per heavy atom. The summed E-state index contributed by atoms with van der Waals surface area (Å²) in [6, 6.07) is 0. The standard InChI is InChI=1S/C16H26N2O2/c1-15(2)14(20)18(11-12-7-6-8-12)16(13(19)17-15)9-4-3-5-10-16/h12H,3-11H2,1-2H3,(H,17,19). The zero-order valence-corrected chi connectivity index (χ0v) is 12.7. The van der Waals surface area contributed by atoms with Crippen LogP contribution in [0.4, 0.5) is 0 Å². The molecular weight excluding hydrogens is 252 g/mol. The largest absolute Gasteiger partial charge is 0.340 e. The van der Waals surface area contributed by atoms with Crippen molar-refractivity contribution in [2.24, 2.45) is 5.92 Å². The van der Waals surface area contributed by atoms with Crippen molar-refractivity contribution in [3.8, 4) is 0 Å². The highest BCUT2D eigenvalue weighted by Crippen LogP contribution is 2.40. The van der Waals surface area contributed by atoms with E-state index in [9.17, 15) is 9.59 Å². The molecule has 2 amide bonds. The van der Waals surface area contributed by atoms with Gasteiger partial charge in [-0.1, -0.05) is 25.7 Å². The van der Waals surface area contributed by atoms with Crippen LogP contribution in [0.1, 0.15) is 65.2 Å². The second kappa shape index (κ2) is 4.74. The smallest absolute Gasteiger partial charge is 0.248 e. The van der Waals surface area contributed by atoms with Gasteiger partial charge in [0.25, 0.3) is 0 Å². The van der Waals surface area contributed by atoms with Crippen LogP contribution in [-0.2, 0) is 9.59 Å². The molecule has 0 aromatic carbocycles. The summed E-state index contributed by atoms with van der Waals surface area (Å²) in [6.07, 6.45) is 8.67. The lowest BCUT2D eigenvalue weighted by atomic mass is 9.74. The fraction of sp³-hybridized carbons (Fsp3) is 0.875. The van der Waals surface area contributed by atoms with Gasteiger partial charge in [0, 0.05) is 6.54 Å². The van der Waals surface area contributed by atoms with Gasteiger partial charge < -0.3 is 10.2 Å². The van der Waals surface area contributed by atoms with Crippen molar-refractivity contribution < 1.29 is 9.59 Å². The third kappa shape index (κ3) is 2.04. The molecule has 0 atom stereocenters. The summed E-state index contributed by atoms with van der Waals surface area (Å²) in [4.78, 5) is 27.5. The fourth-order valence-corrected chi connectivity index (χ4v) is 3.93. The van der Waals surface area contributed by atoms with Gasteiger partial charge >= 0.3 is 0 Å². The number of hydrogen-bond acceptors (Lipinski definition) is 2. The van der Waals surface area contributed by atoms with Gasteiger partial charge in [0.2, 0.25) is 11.8 Å². The fourth-order valence-electron chi connectivity index (χ4n) is 3.93. The summed E-state index contributed by atoms with van der Waals surface area (Å²) in [7, 11) is 0. The molecule has 1 heterocycles. The SMILES string of the molecule is CC1(C)NC(=O)C2(CCCCC2)N(CC2CCC2)C1=O. The van der Waals surface area contributed by atoms with Crippen LogP contribution in [0.15, 0.2) is 0 Å². The molecule has 0 radical (unpaired) electrons. The van der Waals surface area contributed by atoms with Gasteiger partial charge in [-0.05, 0) is 45.4 Å². The second-order valence-electron chi connectivity index (χ2n) is 7.38. The zero-order valence-electron chi connectivity index (χ0n) is 12.7. The van der Waals surface area contributed by atoms with Crippen molar-refractivity contribution >= 4 is 11.8 Å². The van der Waals surface area contributed by atoms with Gasteiger partial charge in [0.1, 0.15) is 11.1 Å². The van der Waals surface area contributed by atoms with Gasteiger partial charge in [0.05, 0.1) is 0 Å². The molecule has 0 bridgehead atoms. The first-order chi connectivity index (χ1) is 9.46. The Balaban J connectivity index is 1.91. The Labute approximate surface area is 121 Å². The summed E-state index contributed by atoms with van der Waals surface area (Å²) in [5.74, 6) is 0.812. The molecule has 1 N–H and O–H groups in total.